The van der Waals surface area contributed by atoms with Gasteiger partial charge in [0, 0.05) is 80.7 Å². The SMILES string of the molecule is [2H]c1c([2H])c([2H])c2c(sc3c(C)c([2H])c([2H])c([2H])c32)c1[2H].[2H]c1c([2H])c([2H])c2c(sc3c([2H])c(C)c([2H])c([2H])c32)c1[2H].[2H]c1c([2H])c([2H])c2c(sc3c([2H])c([2H])c(C)c([2H])c32)c1[2H].[2H]c1c([2H])c([2H])c2c(sc3c([2H])c([2H])c([2H])c(C)c32)c1[2H]. The molecule has 0 aliphatic heterocycles. The molecule has 0 fully saturated rings. The van der Waals surface area contributed by atoms with E-state index in [1.807, 2.05) is 0 Å². The summed E-state index contributed by atoms with van der Waals surface area (Å²) in [5.74, 6) is 0. The molecule has 56 heavy (non-hydrogen) atoms. The Kier molecular flexibility index (Phi) is 4.64. The van der Waals surface area contributed by atoms with E-state index < -0.39 is 0 Å². The van der Waals surface area contributed by atoms with Crippen molar-refractivity contribution in [3.8, 4) is 0 Å². The van der Waals surface area contributed by atoms with E-state index in [1.54, 1.807) is 27.7 Å². The number of aryl methyl sites for hydroxylation is 2. The first-order valence-electron chi connectivity index (χ1n) is 30.6. The van der Waals surface area contributed by atoms with E-state index in [9.17, 15) is 0 Å². The molecule has 12 rings (SSSR count). The van der Waals surface area contributed by atoms with Crippen molar-refractivity contribution in [2.75, 3.05) is 0 Å². The van der Waals surface area contributed by atoms with Crippen LogP contribution in [0.25, 0.3) is 80.7 Å². The maximum atomic E-state index is 8.17. The highest BCUT2D eigenvalue weighted by atomic mass is 32.1. The van der Waals surface area contributed by atoms with Crippen LogP contribution in [-0.2, 0) is 0 Å². The fourth-order valence-electron chi connectivity index (χ4n) is 5.74. The van der Waals surface area contributed by atoms with E-state index in [4.69, 9.17) is 38.4 Å². The lowest BCUT2D eigenvalue weighted by Crippen LogP contribution is -1.72. The van der Waals surface area contributed by atoms with Crippen molar-refractivity contribution in [2.24, 2.45) is 0 Å². The summed E-state index contributed by atoms with van der Waals surface area (Å²) in [4.78, 5) is 0. The molecule has 0 saturated carbocycles. The van der Waals surface area contributed by atoms with Crippen molar-refractivity contribution >= 4 is 126 Å². The third-order valence-electron chi connectivity index (χ3n) is 8.27. The average Bonchev–Trinajstić information content (AvgIpc) is 1.92. The molecule has 4 heterocycles. The van der Waals surface area contributed by atoms with Gasteiger partial charge in [-0.25, -0.2) is 0 Å². The zero-order valence-electron chi connectivity index (χ0n) is 57.6. The summed E-state index contributed by atoms with van der Waals surface area (Å²) < 4.78 is 225. The van der Waals surface area contributed by atoms with Crippen molar-refractivity contribution in [1.82, 2.24) is 0 Å². The summed E-state index contributed by atoms with van der Waals surface area (Å²) >= 11 is 4.38. The lowest BCUT2D eigenvalue weighted by atomic mass is 10.1. The Labute approximate surface area is 382 Å². The molecule has 4 heteroatoms. The second-order valence-electron chi connectivity index (χ2n) is 12.0. The van der Waals surface area contributed by atoms with E-state index in [-0.39, 0.29) is 191 Å². The molecule has 0 aliphatic carbocycles. The minimum absolute atomic E-state index is 0.0310. The quantitative estimate of drug-likeness (QED) is 0.143. The van der Waals surface area contributed by atoms with Gasteiger partial charge in [-0.15, -0.1) is 45.3 Å². The summed E-state index contributed by atoms with van der Waals surface area (Å²) in [6, 6.07) is -4.75. The molecule has 8 aromatic carbocycles. The highest BCUT2D eigenvalue weighted by Crippen LogP contribution is 2.37. The Morgan fingerprint density at radius 3 is 1.45 bits per heavy atom. The summed E-state index contributed by atoms with van der Waals surface area (Å²) in [5.41, 5.74) is 1.74. The van der Waals surface area contributed by atoms with Crippen molar-refractivity contribution in [3.05, 3.63) is 191 Å². The monoisotopic (exact) mass is 820 g/mol. The normalized spacial score (nSPS) is 18.2. The first kappa shape index (κ1) is 16.6. The highest BCUT2D eigenvalue weighted by Gasteiger charge is 2.07. The van der Waals surface area contributed by atoms with Gasteiger partial charge in [0.2, 0.25) is 0 Å². The third-order valence-corrected chi connectivity index (χ3v) is 12.6. The minimum Gasteiger partial charge on any atom is -0.135 e. The molecular weight excluding hydrogens is 753 g/mol. The van der Waals surface area contributed by atoms with Crippen LogP contribution in [0.4, 0.5) is 0 Å². The molecule has 0 nitrogen and oxygen atoms in total. The minimum atomic E-state index is -0.356. The molecule has 272 valence electrons. The smallest absolute Gasteiger partial charge is 0.0641 e. The fourth-order valence-corrected chi connectivity index (χ4v) is 9.72. The largest absolute Gasteiger partial charge is 0.135 e. The van der Waals surface area contributed by atoms with Gasteiger partial charge >= 0.3 is 0 Å². The summed E-state index contributed by atoms with van der Waals surface area (Å²) in [5, 5.41) is 2.62. The summed E-state index contributed by atoms with van der Waals surface area (Å²) in [6.45, 7) is 6.50. The molecule has 4 aromatic heterocycles. The Morgan fingerprint density at radius 1 is 0.304 bits per heavy atom. The molecule has 0 atom stereocenters. The zero-order chi connectivity index (χ0) is 62.5. The second kappa shape index (κ2) is 15.6. The van der Waals surface area contributed by atoms with Crippen LogP contribution < -0.4 is 0 Å². The van der Waals surface area contributed by atoms with Crippen LogP contribution in [0, 0.1) is 27.7 Å². The number of hydrogen-bond acceptors (Lipinski definition) is 4. The average molecular weight is 821 g/mol. The summed E-state index contributed by atoms with van der Waals surface area (Å²) in [6.07, 6.45) is 0. The van der Waals surface area contributed by atoms with Crippen LogP contribution in [0.15, 0.2) is 169 Å². The van der Waals surface area contributed by atoms with Gasteiger partial charge in [-0.1, -0.05) is 126 Å². The van der Waals surface area contributed by atoms with Crippen LogP contribution in [0.1, 0.15) is 60.6 Å². The van der Waals surface area contributed by atoms with Crippen molar-refractivity contribution in [3.63, 3.8) is 0 Å². The fraction of sp³-hybridized carbons (Fsp3) is 0.0769. The van der Waals surface area contributed by atoms with Gasteiger partial charge < -0.3 is 0 Å². The van der Waals surface area contributed by atoms with Crippen LogP contribution in [0.5, 0.6) is 0 Å². The Morgan fingerprint density at radius 2 is 0.732 bits per heavy atom. The van der Waals surface area contributed by atoms with Crippen LogP contribution in [0.2, 0.25) is 0 Å². The van der Waals surface area contributed by atoms with Crippen LogP contribution in [-0.4, -0.2) is 0 Å². The second-order valence-corrected chi connectivity index (χ2v) is 16.1. The van der Waals surface area contributed by atoms with Gasteiger partial charge in [-0.3, -0.25) is 0 Å². The number of fused-ring (bicyclic) bond motifs is 12. The van der Waals surface area contributed by atoms with Crippen molar-refractivity contribution in [1.29, 1.82) is 0 Å². The predicted molar refractivity (Wildman–Crippen MR) is 256 cm³/mol. The topological polar surface area (TPSA) is 0 Å². The lowest BCUT2D eigenvalue weighted by molar-refractivity contribution is 1.52. The Balaban J connectivity index is 0.000000134. The van der Waals surface area contributed by atoms with E-state index in [2.05, 4.69) is 0 Å². The number of benzene rings is 8. The maximum Gasteiger partial charge on any atom is 0.0641 e. The van der Waals surface area contributed by atoms with Crippen LogP contribution >= 0.6 is 45.3 Å². The standard InChI is InChI=1S/4C13H10S/c1-9-5-4-7-11-10-6-2-3-8-12(10)14-13(9)11;1-9-5-4-8-12-13(9)10-6-2-3-7-11(10)14-12;1-9-6-7-13-11(8-9)10-4-2-3-5-12(10)14-13;1-9-6-7-11-10-4-2-3-5-12(10)14-13(11)8-9/h4*2-8H,1H3/i4*2D,3D,4D,5D,6D,7D,8D. The van der Waals surface area contributed by atoms with Gasteiger partial charge in [0.05, 0.1) is 38.4 Å². The maximum absolute atomic E-state index is 8.17. The third kappa shape index (κ3) is 7.11. The van der Waals surface area contributed by atoms with Gasteiger partial charge in [0.15, 0.2) is 0 Å². The molecule has 0 aliphatic rings. The lowest BCUT2D eigenvalue weighted by Gasteiger charge is -1.95. The number of rotatable bonds is 0. The van der Waals surface area contributed by atoms with Crippen LogP contribution in [0.3, 0.4) is 0 Å². The molecule has 0 amide bonds. The van der Waals surface area contributed by atoms with Gasteiger partial charge in [-0.2, -0.15) is 0 Å². The zero-order valence-corrected chi connectivity index (χ0v) is 32.9. The van der Waals surface area contributed by atoms with E-state index in [0.29, 0.717) is 81.4 Å². The Hall–Kier alpha value is -5.36. The van der Waals surface area contributed by atoms with Crippen molar-refractivity contribution < 1.29 is 38.4 Å². The van der Waals surface area contributed by atoms with Crippen molar-refractivity contribution in [2.45, 2.75) is 27.7 Å². The van der Waals surface area contributed by atoms with Gasteiger partial charge in [-0.05, 0) is 92.7 Å². The molecular formula is C52H40S4. The molecule has 0 bridgehead atoms. The van der Waals surface area contributed by atoms with E-state index >= 15 is 0 Å². The number of hydrogen-bond donors (Lipinski definition) is 0. The molecule has 0 radical (unpaired) electrons. The molecule has 12 aromatic rings. The highest BCUT2D eigenvalue weighted by molar-refractivity contribution is 7.27. The number of thiophene rings is 4. The van der Waals surface area contributed by atoms with E-state index in [0.717, 1.165) is 45.3 Å². The van der Waals surface area contributed by atoms with E-state index in [1.165, 1.54) is 0 Å². The first-order chi connectivity index (χ1) is 39.1. The molecule has 0 N–H and O–H groups in total. The van der Waals surface area contributed by atoms with Gasteiger partial charge in [0.25, 0.3) is 0 Å². The predicted octanol–water partition coefficient (Wildman–Crippen LogP) is 17.5. The summed E-state index contributed by atoms with van der Waals surface area (Å²) in [7, 11) is 0. The van der Waals surface area contributed by atoms with Gasteiger partial charge in [0.1, 0.15) is 0 Å². The Bertz CT molecular complexity index is 4020. The first-order valence-corrected chi connectivity index (χ1v) is 19.9. The molecule has 0 spiro atoms. The molecule has 0 unspecified atom stereocenters. The molecule has 0 saturated heterocycles.